The maximum atomic E-state index is 13.6. The van der Waals surface area contributed by atoms with Gasteiger partial charge >= 0.3 is 5.97 Å². The summed E-state index contributed by atoms with van der Waals surface area (Å²) in [5, 5.41) is 9.49. The molecule has 1 saturated heterocycles. The number of pyridine rings is 1. The number of carboxylic acid groups (broad SMARTS) is 1. The molecule has 1 aliphatic heterocycles. The van der Waals surface area contributed by atoms with Gasteiger partial charge in [-0.3, -0.25) is 14.7 Å². The van der Waals surface area contributed by atoms with Crippen LogP contribution in [0.15, 0.2) is 12.4 Å². The van der Waals surface area contributed by atoms with Crippen molar-refractivity contribution < 1.29 is 18.7 Å². The Bertz CT molecular complexity index is 508. The van der Waals surface area contributed by atoms with E-state index in [1.165, 1.54) is 17.3 Å². The number of hydrogen-bond donors (Lipinski definition) is 1. The van der Waals surface area contributed by atoms with Crippen molar-refractivity contribution in [3.8, 4) is 0 Å². The van der Waals surface area contributed by atoms with Crippen molar-refractivity contribution >= 4 is 29.2 Å². The molecule has 1 unspecified atom stereocenters. The summed E-state index contributed by atoms with van der Waals surface area (Å²) in [6.07, 6.45) is 2.11. The van der Waals surface area contributed by atoms with Gasteiger partial charge in [0, 0.05) is 37.5 Å². The summed E-state index contributed by atoms with van der Waals surface area (Å²) in [4.78, 5) is 16.1. The molecule has 8 heteroatoms. The highest BCUT2D eigenvalue weighted by Gasteiger charge is 2.43. The van der Waals surface area contributed by atoms with Crippen LogP contribution in [0, 0.1) is 5.92 Å². The summed E-state index contributed by atoms with van der Waals surface area (Å²) < 4.78 is 27.2. The van der Waals surface area contributed by atoms with Crippen LogP contribution in [0.25, 0.3) is 0 Å². The normalized spacial score (nSPS) is 22.7. The summed E-state index contributed by atoms with van der Waals surface area (Å²) in [5.41, 5.74) is 0.477. The molecule has 1 atom stereocenters. The third kappa shape index (κ3) is 3.56. The van der Waals surface area contributed by atoms with Gasteiger partial charge in [0.15, 0.2) is 0 Å². The highest BCUT2D eigenvalue weighted by molar-refractivity contribution is 6.35. The lowest BCUT2D eigenvalue weighted by atomic mass is 9.95. The van der Waals surface area contributed by atoms with Crippen molar-refractivity contribution in [2.75, 3.05) is 13.1 Å². The number of aromatic nitrogens is 1. The maximum absolute atomic E-state index is 13.6. The number of likely N-dealkylation sites (tertiary alicyclic amines) is 1. The first kappa shape index (κ1) is 15.4. The number of rotatable bonds is 3. The average molecular weight is 325 g/mol. The largest absolute Gasteiger partial charge is 0.481 e. The molecule has 1 aromatic rings. The second kappa shape index (κ2) is 5.79. The highest BCUT2D eigenvalue weighted by atomic mass is 35.5. The van der Waals surface area contributed by atoms with E-state index in [1.54, 1.807) is 0 Å². The predicted molar refractivity (Wildman–Crippen MR) is 70.2 cm³/mol. The van der Waals surface area contributed by atoms with Crippen molar-refractivity contribution in [1.82, 2.24) is 9.88 Å². The Morgan fingerprint density at radius 3 is 2.60 bits per heavy atom. The molecule has 1 fully saturated rings. The van der Waals surface area contributed by atoms with E-state index in [0.29, 0.717) is 5.56 Å². The number of piperidine rings is 1. The third-order valence-electron chi connectivity index (χ3n) is 3.16. The zero-order valence-corrected chi connectivity index (χ0v) is 11.8. The van der Waals surface area contributed by atoms with Crippen LogP contribution in [0.5, 0.6) is 0 Å². The van der Waals surface area contributed by atoms with Gasteiger partial charge in [-0.05, 0) is 0 Å². The Morgan fingerprint density at radius 1 is 1.45 bits per heavy atom. The Hall–Kier alpha value is -0.980. The van der Waals surface area contributed by atoms with Crippen LogP contribution in [-0.4, -0.2) is 40.0 Å². The monoisotopic (exact) mass is 324 g/mol. The molecule has 0 bridgehead atoms. The van der Waals surface area contributed by atoms with Crippen molar-refractivity contribution in [1.29, 1.82) is 0 Å². The Labute approximate surface area is 124 Å². The minimum atomic E-state index is -3.03. The predicted octanol–water partition coefficient (Wildman–Crippen LogP) is 2.93. The zero-order valence-electron chi connectivity index (χ0n) is 10.3. The minimum absolute atomic E-state index is 0.0416. The van der Waals surface area contributed by atoms with Gasteiger partial charge in [0.1, 0.15) is 0 Å². The topological polar surface area (TPSA) is 53.4 Å². The molecule has 0 aromatic carbocycles. The molecule has 110 valence electrons. The van der Waals surface area contributed by atoms with E-state index in [-0.39, 0.29) is 23.1 Å². The van der Waals surface area contributed by atoms with E-state index in [9.17, 15) is 13.6 Å². The van der Waals surface area contributed by atoms with Crippen molar-refractivity contribution in [2.24, 2.45) is 5.92 Å². The van der Waals surface area contributed by atoms with Gasteiger partial charge in [-0.15, -0.1) is 0 Å². The van der Waals surface area contributed by atoms with Crippen molar-refractivity contribution in [2.45, 2.75) is 18.9 Å². The van der Waals surface area contributed by atoms with Crippen molar-refractivity contribution in [3.05, 3.63) is 28.0 Å². The van der Waals surface area contributed by atoms with Gasteiger partial charge in [-0.1, -0.05) is 23.2 Å². The van der Waals surface area contributed by atoms with Gasteiger partial charge in [0.2, 0.25) is 0 Å². The summed E-state index contributed by atoms with van der Waals surface area (Å²) in [6, 6.07) is 0. The summed E-state index contributed by atoms with van der Waals surface area (Å²) >= 11 is 11.9. The second-order valence-electron chi connectivity index (χ2n) is 4.85. The fourth-order valence-corrected chi connectivity index (χ4v) is 2.78. The molecular formula is C12H12Cl2F2N2O2. The number of alkyl halides is 2. The lowest BCUT2D eigenvalue weighted by Crippen LogP contribution is -2.48. The molecule has 1 aliphatic rings. The quantitative estimate of drug-likeness (QED) is 0.928. The van der Waals surface area contributed by atoms with Crippen LogP contribution in [0.3, 0.4) is 0 Å². The molecule has 0 saturated carbocycles. The molecule has 4 nitrogen and oxygen atoms in total. The Balaban J connectivity index is 2.18. The summed E-state index contributed by atoms with van der Waals surface area (Å²) in [7, 11) is 0. The molecule has 2 rings (SSSR count). The fourth-order valence-electron chi connectivity index (χ4n) is 2.29. The van der Waals surface area contributed by atoms with Gasteiger partial charge < -0.3 is 5.11 Å². The van der Waals surface area contributed by atoms with Gasteiger partial charge in [0.25, 0.3) is 5.92 Å². The van der Waals surface area contributed by atoms with E-state index < -0.39 is 30.8 Å². The summed E-state index contributed by atoms with van der Waals surface area (Å²) in [5.74, 6) is -5.35. The number of carbonyl (C=O) groups is 1. The maximum Gasteiger partial charge on any atom is 0.308 e. The SMILES string of the molecule is O=C(O)C1CN(Cc2c(Cl)cncc2Cl)CC(F)(F)C1. The molecule has 20 heavy (non-hydrogen) atoms. The molecule has 0 radical (unpaired) electrons. The summed E-state index contributed by atoms with van der Waals surface area (Å²) in [6.45, 7) is -0.398. The molecule has 0 aliphatic carbocycles. The number of nitrogens with zero attached hydrogens (tertiary/aromatic N) is 2. The first-order valence-electron chi connectivity index (χ1n) is 5.89. The average Bonchev–Trinajstić information content (AvgIpc) is 2.32. The van der Waals surface area contributed by atoms with Crippen LogP contribution in [0.2, 0.25) is 10.0 Å². The molecule has 0 amide bonds. The standard InChI is InChI=1S/C12H12Cl2F2N2O2/c13-9-2-17-3-10(14)8(9)5-18-4-7(11(19)20)1-12(15,16)6-18/h2-3,7H,1,4-6H2,(H,19,20). The van der Waals surface area contributed by atoms with E-state index in [1.807, 2.05) is 0 Å². The van der Waals surface area contributed by atoms with E-state index >= 15 is 0 Å². The molecular weight excluding hydrogens is 313 g/mol. The number of hydrogen-bond acceptors (Lipinski definition) is 3. The fraction of sp³-hybridized carbons (Fsp3) is 0.500. The van der Waals surface area contributed by atoms with Crippen molar-refractivity contribution in [3.63, 3.8) is 0 Å². The number of carboxylic acids is 1. The van der Waals surface area contributed by atoms with E-state index in [0.717, 1.165) is 0 Å². The number of halogens is 4. The first-order valence-corrected chi connectivity index (χ1v) is 6.65. The molecule has 1 N–H and O–H groups in total. The number of aliphatic carboxylic acids is 1. The smallest absolute Gasteiger partial charge is 0.308 e. The zero-order chi connectivity index (χ0) is 14.9. The van der Waals surface area contributed by atoms with Gasteiger partial charge in [-0.25, -0.2) is 8.78 Å². The minimum Gasteiger partial charge on any atom is -0.481 e. The molecule has 0 spiro atoms. The second-order valence-corrected chi connectivity index (χ2v) is 5.66. The van der Waals surface area contributed by atoms with Crippen LogP contribution in [0.1, 0.15) is 12.0 Å². The van der Waals surface area contributed by atoms with Gasteiger partial charge in [-0.2, -0.15) is 0 Å². The third-order valence-corrected chi connectivity index (χ3v) is 3.81. The highest BCUT2D eigenvalue weighted by Crippen LogP contribution is 2.33. The first-order chi connectivity index (χ1) is 9.28. The van der Waals surface area contributed by atoms with E-state index in [2.05, 4.69) is 4.98 Å². The van der Waals surface area contributed by atoms with Crippen LogP contribution in [0.4, 0.5) is 8.78 Å². The van der Waals surface area contributed by atoms with Crippen LogP contribution < -0.4 is 0 Å². The van der Waals surface area contributed by atoms with E-state index in [4.69, 9.17) is 28.3 Å². The van der Waals surface area contributed by atoms with Gasteiger partial charge in [0.05, 0.1) is 22.5 Å². The molecule has 1 aromatic heterocycles. The Kier molecular flexibility index (Phi) is 4.46. The Morgan fingerprint density at radius 2 is 2.05 bits per heavy atom. The lowest BCUT2D eigenvalue weighted by Gasteiger charge is -2.36. The van der Waals surface area contributed by atoms with Crippen LogP contribution in [-0.2, 0) is 11.3 Å². The lowest BCUT2D eigenvalue weighted by molar-refractivity contribution is -0.153. The molecule has 2 heterocycles. The van der Waals surface area contributed by atoms with Crippen LogP contribution >= 0.6 is 23.2 Å².